The van der Waals surface area contributed by atoms with Crippen LogP contribution in [0.2, 0.25) is 0 Å². The van der Waals surface area contributed by atoms with Gasteiger partial charge in [0.25, 0.3) is 0 Å². The van der Waals surface area contributed by atoms with E-state index in [0.717, 1.165) is 12.3 Å². The van der Waals surface area contributed by atoms with Crippen molar-refractivity contribution in [1.82, 2.24) is 5.32 Å². The SMILES string of the molecule is CCC1CNC2CCC(O)C(C1)C2. The normalized spacial score (nSPS) is 45.7. The van der Waals surface area contributed by atoms with Crippen LogP contribution in [-0.2, 0) is 0 Å². The second kappa shape index (κ2) is 3.97. The van der Waals surface area contributed by atoms with Crippen molar-refractivity contribution in [3.05, 3.63) is 0 Å². The van der Waals surface area contributed by atoms with Gasteiger partial charge in [0.2, 0.25) is 0 Å². The van der Waals surface area contributed by atoms with Crippen molar-refractivity contribution in [1.29, 1.82) is 0 Å². The summed E-state index contributed by atoms with van der Waals surface area (Å²) in [7, 11) is 0. The summed E-state index contributed by atoms with van der Waals surface area (Å²) in [6.07, 6.45) is 5.87. The molecule has 0 aromatic rings. The summed E-state index contributed by atoms with van der Waals surface area (Å²) in [4.78, 5) is 0. The molecule has 0 radical (unpaired) electrons. The van der Waals surface area contributed by atoms with Gasteiger partial charge in [-0.15, -0.1) is 0 Å². The van der Waals surface area contributed by atoms with Crippen LogP contribution in [0, 0.1) is 11.8 Å². The molecule has 0 spiro atoms. The van der Waals surface area contributed by atoms with Gasteiger partial charge in [0.1, 0.15) is 0 Å². The summed E-state index contributed by atoms with van der Waals surface area (Å²) in [6.45, 7) is 3.43. The molecule has 2 nitrogen and oxygen atoms in total. The standard InChI is InChI=1S/C11H21NO/c1-2-8-5-9-6-10(12-7-8)3-4-11(9)13/h8-13H,2-7H2,1H3. The van der Waals surface area contributed by atoms with Crippen LogP contribution < -0.4 is 5.32 Å². The van der Waals surface area contributed by atoms with Gasteiger partial charge in [-0.2, -0.15) is 0 Å². The zero-order chi connectivity index (χ0) is 9.26. The molecule has 1 saturated heterocycles. The molecule has 1 heterocycles. The average molecular weight is 183 g/mol. The molecule has 0 amide bonds. The van der Waals surface area contributed by atoms with Crippen LogP contribution in [0.25, 0.3) is 0 Å². The summed E-state index contributed by atoms with van der Waals surface area (Å²) in [5.41, 5.74) is 0. The van der Waals surface area contributed by atoms with E-state index in [1.165, 1.54) is 32.2 Å². The van der Waals surface area contributed by atoms with E-state index in [0.29, 0.717) is 12.0 Å². The first-order valence-corrected chi connectivity index (χ1v) is 5.71. The van der Waals surface area contributed by atoms with Gasteiger partial charge in [-0.25, -0.2) is 0 Å². The Morgan fingerprint density at radius 2 is 2.15 bits per heavy atom. The molecule has 76 valence electrons. The largest absolute Gasteiger partial charge is 0.393 e. The van der Waals surface area contributed by atoms with Crippen molar-refractivity contribution in [3.8, 4) is 0 Å². The third-order valence-electron chi connectivity index (χ3n) is 3.85. The maximum absolute atomic E-state index is 9.83. The van der Waals surface area contributed by atoms with E-state index in [9.17, 15) is 5.11 Å². The van der Waals surface area contributed by atoms with Gasteiger partial charge in [-0.05, 0) is 44.1 Å². The summed E-state index contributed by atoms with van der Waals surface area (Å²) >= 11 is 0. The second-order valence-electron chi connectivity index (χ2n) is 4.76. The van der Waals surface area contributed by atoms with E-state index in [1.54, 1.807) is 0 Å². The lowest BCUT2D eigenvalue weighted by Gasteiger charge is -2.31. The molecule has 0 aromatic carbocycles. The topological polar surface area (TPSA) is 32.3 Å². The van der Waals surface area contributed by atoms with Gasteiger partial charge < -0.3 is 10.4 Å². The zero-order valence-corrected chi connectivity index (χ0v) is 8.50. The summed E-state index contributed by atoms with van der Waals surface area (Å²) in [5.74, 6) is 1.38. The lowest BCUT2D eigenvalue weighted by molar-refractivity contribution is 0.0556. The van der Waals surface area contributed by atoms with Gasteiger partial charge in [-0.1, -0.05) is 13.3 Å². The summed E-state index contributed by atoms with van der Waals surface area (Å²) < 4.78 is 0. The van der Waals surface area contributed by atoms with E-state index in [1.807, 2.05) is 0 Å². The lowest BCUT2D eigenvalue weighted by Crippen LogP contribution is -2.37. The minimum atomic E-state index is -0.00907. The monoisotopic (exact) mass is 183 g/mol. The Morgan fingerprint density at radius 3 is 2.92 bits per heavy atom. The molecule has 1 aliphatic heterocycles. The fourth-order valence-electron chi connectivity index (χ4n) is 2.84. The van der Waals surface area contributed by atoms with Crippen LogP contribution in [0.5, 0.6) is 0 Å². The molecule has 2 heteroatoms. The van der Waals surface area contributed by atoms with E-state index >= 15 is 0 Å². The molecule has 13 heavy (non-hydrogen) atoms. The third-order valence-corrected chi connectivity index (χ3v) is 3.85. The Morgan fingerprint density at radius 1 is 1.31 bits per heavy atom. The smallest absolute Gasteiger partial charge is 0.0569 e. The second-order valence-corrected chi connectivity index (χ2v) is 4.76. The van der Waals surface area contributed by atoms with Crippen molar-refractivity contribution in [2.45, 2.75) is 51.2 Å². The van der Waals surface area contributed by atoms with Crippen molar-refractivity contribution in [3.63, 3.8) is 0 Å². The van der Waals surface area contributed by atoms with Crippen LogP contribution in [0.1, 0.15) is 39.0 Å². The molecule has 2 bridgehead atoms. The molecular weight excluding hydrogens is 162 g/mol. The van der Waals surface area contributed by atoms with Crippen LogP contribution in [0.3, 0.4) is 0 Å². The number of fused-ring (bicyclic) bond motifs is 2. The van der Waals surface area contributed by atoms with Gasteiger partial charge >= 0.3 is 0 Å². The average Bonchev–Trinajstić information content (AvgIpc) is 2.32. The summed E-state index contributed by atoms with van der Waals surface area (Å²) in [5, 5.41) is 13.5. The minimum Gasteiger partial charge on any atom is -0.393 e. The van der Waals surface area contributed by atoms with Crippen LogP contribution in [0.4, 0.5) is 0 Å². The van der Waals surface area contributed by atoms with Crippen molar-refractivity contribution >= 4 is 0 Å². The zero-order valence-electron chi connectivity index (χ0n) is 8.50. The third kappa shape index (κ3) is 2.05. The van der Waals surface area contributed by atoms with E-state index in [-0.39, 0.29) is 6.10 Å². The highest BCUT2D eigenvalue weighted by molar-refractivity contribution is 4.88. The number of hydrogen-bond acceptors (Lipinski definition) is 2. The van der Waals surface area contributed by atoms with E-state index in [2.05, 4.69) is 12.2 Å². The molecule has 1 aliphatic carbocycles. The maximum Gasteiger partial charge on any atom is 0.0569 e. The minimum absolute atomic E-state index is 0.00907. The van der Waals surface area contributed by atoms with E-state index in [4.69, 9.17) is 0 Å². The molecule has 4 unspecified atom stereocenters. The number of aliphatic hydroxyl groups excluding tert-OH is 1. The van der Waals surface area contributed by atoms with E-state index < -0.39 is 0 Å². The molecule has 2 rings (SSSR count). The Balaban J connectivity index is 2.01. The first kappa shape index (κ1) is 9.47. The number of hydrogen-bond donors (Lipinski definition) is 2. The quantitative estimate of drug-likeness (QED) is 0.646. The maximum atomic E-state index is 9.83. The van der Waals surface area contributed by atoms with Crippen molar-refractivity contribution < 1.29 is 5.11 Å². The highest BCUT2D eigenvalue weighted by atomic mass is 16.3. The first-order valence-electron chi connectivity index (χ1n) is 5.71. The van der Waals surface area contributed by atoms with Crippen LogP contribution in [0.15, 0.2) is 0 Å². The molecule has 2 aliphatic rings. The predicted octanol–water partition coefficient (Wildman–Crippen LogP) is 1.54. The molecule has 1 saturated carbocycles. The highest BCUT2D eigenvalue weighted by Crippen LogP contribution is 2.33. The van der Waals surface area contributed by atoms with Crippen molar-refractivity contribution in [2.75, 3.05) is 6.54 Å². The fourth-order valence-corrected chi connectivity index (χ4v) is 2.84. The van der Waals surface area contributed by atoms with Gasteiger partial charge in [0.05, 0.1) is 6.10 Å². The number of rotatable bonds is 1. The Kier molecular flexibility index (Phi) is 2.89. The molecule has 0 aromatic heterocycles. The Labute approximate surface area is 80.7 Å². The predicted molar refractivity (Wildman–Crippen MR) is 53.5 cm³/mol. The van der Waals surface area contributed by atoms with Crippen LogP contribution >= 0.6 is 0 Å². The first-order chi connectivity index (χ1) is 6.29. The molecule has 2 fully saturated rings. The highest BCUT2D eigenvalue weighted by Gasteiger charge is 2.33. The van der Waals surface area contributed by atoms with Gasteiger partial charge in [-0.3, -0.25) is 0 Å². The lowest BCUT2D eigenvalue weighted by atomic mass is 9.80. The Hall–Kier alpha value is -0.0800. The van der Waals surface area contributed by atoms with Crippen LogP contribution in [-0.4, -0.2) is 23.8 Å². The molecule has 4 atom stereocenters. The molecule has 2 N–H and O–H groups in total. The fraction of sp³-hybridized carbons (Fsp3) is 1.00. The molecular formula is C11H21NO. The van der Waals surface area contributed by atoms with Crippen molar-refractivity contribution in [2.24, 2.45) is 11.8 Å². The number of nitrogens with one attached hydrogen (secondary N) is 1. The summed E-state index contributed by atoms with van der Waals surface area (Å²) in [6, 6.07) is 0.699. The van der Waals surface area contributed by atoms with Gasteiger partial charge in [0, 0.05) is 6.04 Å². The van der Waals surface area contributed by atoms with Gasteiger partial charge in [0.15, 0.2) is 0 Å². The number of aliphatic hydroxyl groups is 1. The Bertz CT molecular complexity index is 171.